The zero-order valence-corrected chi connectivity index (χ0v) is 11.7. The summed E-state index contributed by atoms with van der Waals surface area (Å²) in [6.07, 6.45) is 0. The van der Waals surface area contributed by atoms with Crippen molar-refractivity contribution in [2.24, 2.45) is 0 Å². The fraction of sp³-hybridized carbons (Fsp3) is 0. The quantitative estimate of drug-likeness (QED) is 0.720. The van der Waals surface area contributed by atoms with Crippen LogP contribution in [0.25, 0.3) is 0 Å². The SMILES string of the molecule is O=P(O)(O)c1c(Br)cc(Br)cc1Br. The summed E-state index contributed by atoms with van der Waals surface area (Å²) in [5.41, 5.74) is 0. The molecule has 0 unspecified atom stereocenters. The Morgan fingerprint density at radius 2 is 1.46 bits per heavy atom. The van der Waals surface area contributed by atoms with Crippen molar-refractivity contribution in [3.63, 3.8) is 0 Å². The normalized spacial score (nSPS) is 11.8. The lowest BCUT2D eigenvalue weighted by Gasteiger charge is -2.09. The third-order valence-electron chi connectivity index (χ3n) is 1.27. The summed E-state index contributed by atoms with van der Waals surface area (Å²) in [5, 5.41) is -0.0318. The van der Waals surface area contributed by atoms with Crippen LogP contribution in [0.3, 0.4) is 0 Å². The molecule has 0 aromatic heterocycles. The maximum atomic E-state index is 11.0. The topological polar surface area (TPSA) is 57.5 Å². The molecule has 1 rings (SSSR count). The Morgan fingerprint density at radius 3 is 1.77 bits per heavy atom. The van der Waals surface area contributed by atoms with E-state index in [1.165, 1.54) is 0 Å². The van der Waals surface area contributed by atoms with Crippen LogP contribution in [0.4, 0.5) is 0 Å². The van der Waals surface area contributed by atoms with E-state index >= 15 is 0 Å². The van der Waals surface area contributed by atoms with Crippen LogP contribution in [0.15, 0.2) is 25.6 Å². The molecule has 0 bridgehead atoms. The van der Waals surface area contributed by atoms with E-state index in [4.69, 9.17) is 9.79 Å². The molecule has 1 aromatic rings. The molecular formula is C6H4Br3O3P. The van der Waals surface area contributed by atoms with E-state index in [9.17, 15) is 4.57 Å². The lowest BCUT2D eigenvalue weighted by molar-refractivity contribution is 0.387. The van der Waals surface area contributed by atoms with Crippen LogP contribution in [0, 0.1) is 0 Å². The van der Waals surface area contributed by atoms with Crippen LogP contribution < -0.4 is 5.30 Å². The second kappa shape index (κ2) is 4.13. The van der Waals surface area contributed by atoms with E-state index in [2.05, 4.69) is 47.8 Å². The van der Waals surface area contributed by atoms with Gasteiger partial charge in [-0.15, -0.1) is 0 Å². The lowest BCUT2D eigenvalue weighted by Crippen LogP contribution is -2.07. The number of hydrogen-bond donors (Lipinski definition) is 2. The highest BCUT2D eigenvalue weighted by molar-refractivity contribution is 9.11. The fourth-order valence-electron chi connectivity index (χ4n) is 0.813. The molecule has 0 heterocycles. The van der Waals surface area contributed by atoms with E-state index < -0.39 is 7.60 Å². The molecule has 72 valence electrons. The number of rotatable bonds is 1. The second-order valence-corrected chi connectivity index (χ2v) is 6.42. The van der Waals surface area contributed by atoms with Gasteiger partial charge in [0.25, 0.3) is 0 Å². The molecule has 13 heavy (non-hydrogen) atoms. The molecule has 2 N–H and O–H groups in total. The van der Waals surface area contributed by atoms with Crippen LogP contribution in [-0.4, -0.2) is 9.79 Å². The average molecular weight is 395 g/mol. The highest BCUT2D eigenvalue weighted by Crippen LogP contribution is 2.40. The zero-order chi connectivity index (χ0) is 10.2. The van der Waals surface area contributed by atoms with Gasteiger partial charge >= 0.3 is 7.60 Å². The number of hydrogen-bond acceptors (Lipinski definition) is 1. The molecule has 1 aromatic carbocycles. The minimum atomic E-state index is -4.23. The van der Waals surface area contributed by atoms with Crippen molar-refractivity contribution in [2.75, 3.05) is 0 Å². The molecule has 0 amide bonds. The van der Waals surface area contributed by atoms with Crippen molar-refractivity contribution >= 4 is 60.7 Å². The third kappa shape index (κ3) is 2.88. The maximum absolute atomic E-state index is 11.0. The maximum Gasteiger partial charge on any atom is 0.358 e. The molecule has 0 atom stereocenters. The zero-order valence-electron chi connectivity index (χ0n) is 6.04. The summed E-state index contributed by atoms with van der Waals surface area (Å²) >= 11 is 9.36. The molecule has 0 saturated carbocycles. The highest BCUT2D eigenvalue weighted by atomic mass is 79.9. The monoisotopic (exact) mass is 392 g/mol. The van der Waals surface area contributed by atoms with Gasteiger partial charge in [0.1, 0.15) is 0 Å². The molecule has 0 spiro atoms. The second-order valence-electron chi connectivity index (χ2n) is 2.26. The molecule has 0 saturated heterocycles. The van der Waals surface area contributed by atoms with Gasteiger partial charge in [0.15, 0.2) is 0 Å². The van der Waals surface area contributed by atoms with Gasteiger partial charge < -0.3 is 9.79 Å². The largest absolute Gasteiger partial charge is 0.358 e. The first-order valence-corrected chi connectivity index (χ1v) is 7.02. The summed E-state index contributed by atoms with van der Waals surface area (Å²) in [6.45, 7) is 0. The van der Waals surface area contributed by atoms with Gasteiger partial charge in [-0.05, 0) is 44.0 Å². The van der Waals surface area contributed by atoms with Crippen molar-refractivity contribution in [3.8, 4) is 0 Å². The third-order valence-corrected chi connectivity index (χ3v) is 4.66. The predicted octanol–water partition coefficient (Wildman–Crippen LogP) is 2.78. The van der Waals surface area contributed by atoms with Crippen molar-refractivity contribution in [1.29, 1.82) is 0 Å². The van der Waals surface area contributed by atoms with Crippen molar-refractivity contribution in [3.05, 3.63) is 25.6 Å². The van der Waals surface area contributed by atoms with Gasteiger partial charge in [0, 0.05) is 13.4 Å². The molecule has 7 heteroatoms. The first kappa shape index (κ1) is 11.9. The lowest BCUT2D eigenvalue weighted by atomic mass is 10.4. The van der Waals surface area contributed by atoms with E-state index in [1.807, 2.05) is 0 Å². The molecular weight excluding hydrogens is 391 g/mol. The van der Waals surface area contributed by atoms with Crippen LogP contribution >= 0.6 is 55.4 Å². The van der Waals surface area contributed by atoms with Gasteiger partial charge in [0.05, 0.1) is 5.30 Å². The summed E-state index contributed by atoms with van der Waals surface area (Å²) in [7, 11) is -4.23. The van der Waals surface area contributed by atoms with Gasteiger partial charge in [-0.3, -0.25) is 4.57 Å². The van der Waals surface area contributed by atoms with E-state index in [0.29, 0.717) is 8.95 Å². The molecule has 0 aliphatic carbocycles. The Morgan fingerprint density at radius 1 is 1.08 bits per heavy atom. The van der Waals surface area contributed by atoms with Gasteiger partial charge in [-0.25, -0.2) is 0 Å². The Kier molecular flexibility index (Phi) is 3.77. The Balaban J connectivity index is 3.47. The molecule has 0 aliphatic rings. The average Bonchev–Trinajstić information content (AvgIpc) is 1.78. The standard InChI is InChI=1S/C6H4Br3O3P/c7-3-1-4(8)6(5(9)2-3)13(10,11)12/h1-2H,(H2,10,11,12). The van der Waals surface area contributed by atoms with Crippen LogP contribution in [0.1, 0.15) is 0 Å². The van der Waals surface area contributed by atoms with E-state index in [0.717, 1.165) is 4.47 Å². The van der Waals surface area contributed by atoms with Crippen LogP contribution in [-0.2, 0) is 4.57 Å². The Bertz CT molecular complexity index is 364. The fourth-order valence-corrected chi connectivity index (χ4v) is 5.14. The Labute approximate surface area is 100 Å². The first-order valence-electron chi connectivity index (χ1n) is 3.03. The minimum absolute atomic E-state index is 0.0318. The van der Waals surface area contributed by atoms with Crippen molar-refractivity contribution in [1.82, 2.24) is 0 Å². The van der Waals surface area contributed by atoms with Crippen LogP contribution in [0.5, 0.6) is 0 Å². The minimum Gasteiger partial charge on any atom is -0.321 e. The summed E-state index contributed by atoms with van der Waals surface area (Å²) in [6, 6.07) is 3.17. The number of benzene rings is 1. The van der Waals surface area contributed by atoms with E-state index in [-0.39, 0.29) is 5.30 Å². The summed E-state index contributed by atoms with van der Waals surface area (Å²) < 4.78 is 12.5. The highest BCUT2D eigenvalue weighted by Gasteiger charge is 2.24. The van der Waals surface area contributed by atoms with Gasteiger partial charge in [-0.2, -0.15) is 0 Å². The smallest absolute Gasteiger partial charge is 0.321 e. The van der Waals surface area contributed by atoms with Gasteiger partial charge in [-0.1, -0.05) is 15.9 Å². The van der Waals surface area contributed by atoms with E-state index in [1.54, 1.807) is 12.1 Å². The Hall–Kier alpha value is 0.810. The van der Waals surface area contributed by atoms with Gasteiger partial charge in [0.2, 0.25) is 0 Å². The summed E-state index contributed by atoms with van der Waals surface area (Å²) in [4.78, 5) is 18.0. The first-order chi connectivity index (χ1) is 5.82. The van der Waals surface area contributed by atoms with Crippen LogP contribution in [0.2, 0.25) is 0 Å². The predicted molar refractivity (Wildman–Crippen MR) is 61.2 cm³/mol. The van der Waals surface area contributed by atoms with Crippen molar-refractivity contribution in [2.45, 2.75) is 0 Å². The molecule has 0 aliphatic heterocycles. The van der Waals surface area contributed by atoms with Crippen molar-refractivity contribution < 1.29 is 14.4 Å². The molecule has 0 fully saturated rings. The number of halogens is 3. The molecule has 0 radical (unpaired) electrons. The molecule has 3 nitrogen and oxygen atoms in total. The summed E-state index contributed by atoms with van der Waals surface area (Å²) in [5.74, 6) is 0.